The molecule has 0 fully saturated rings. The maximum Gasteiger partial charge on any atom is 0.195 e. The van der Waals surface area contributed by atoms with Gasteiger partial charge < -0.3 is 9.26 Å². The van der Waals surface area contributed by atoms with Gasteiger partial charge in [0, 0.05) is 16.4 Å². The van der Waals surface area contributed by atoms with Crippen molar-refractivity contribution in [1.29, 1.82) is 0 Å². The van der Waals surface area contributed by atoms with Crippen molar-refractivity contribution >= 4 is 0 Å². The summed E-state index contributed by atoms with van der Waals surface area (Å²) < 4.78 is 10.8. The van der Waals surface area contributed by atoms with Gasteiger partial charge in [-0.3, -0.25) is 0 Å². The molecular weight excluding hydrogens is 372 g/mol. The van der Waals surface area contributed by atoms with E-state index in [2.05, 4.69) is 10.4 Å². The molecule has 4 aromatic carbocycles. The zero-order valence-electron chi connectivity index (χ0n) is 16.3. The van der Waals surface area contributed by atoms with Gasteiger partial charge in [-0.1, -0.05) is 97.1 Å². The van der Waals surface area contributed by atoms with E-state index in [0.29, 0.717) is 5.76 Å². The molecule has 0 aliphatic carbocycles. The minimum atomic E-state index is 0.705. The van der Waals surface area contributed by atoms with E-state index >= 15 is 0 Å². The van der Waals surface area contributed by atoms with Crippen LogP contribution in [-0.2, 0) is 0 Å². The van der Waals surface area contributed by atoms with Gasteiger partial charge in [0.25, 0.3) is 0 Å². The van der Waals surface area contributed by atoms with Crippen molar-refractivity contribution < 1.29 is 9.26 Å². The van der Waals surface area contributed by atoms with Gasteiger partial charge in [0.2, 0.25) is 0 Å². The number of rotatable bonds is 4. The lowest BCUT2D eigenvalue weighted by Crippen LogP contribution is -1.81. The smallest absolute Gasteiger partial charge is 0.195 e. The average Bonchev–Trinajstić information content (AvgIpc) is 3.32. The molecule has 0 radical (unpaired) electrons. The molecule has 0 saturated carbocycles. The minimum Gasteiger partial charge on any atom is -0.457 e. The quantitative estimate of drug-likeness (QED) is 0.334. The van der Waals surface area contributed by atoms with Crippen LogP contribution in [0.1, 0.15) is 0 Å². The summed E-state index contributed by atoms with van der Waals surface area (Å²) in [4.78, 5) is 0. The van der Waals surface area contributed by atoms with E-state index in [1.807, 2.05) is 121 Å². The van der Waals surface area contributed by atoms with E-state index in [1.165, 1.54) is 0 Å². The lowest BCUT2D eigenvalue weighted by Gasteiger charge is -2.03. The Kier molecular flexibility index (Phi) is 6.28. The Morgan fingerprint density at radius 1 is 0.500 bits per heavy atom. The second-order valence-electron chi connectivity index (χ2n) is 6.41. The molecule has 0 aliphatic heterocycles. The Morgan fingerprint density at radius 2 is 0.933 bits per heavy atom. The summed E-state index contributed by atoms with van der Waals surface area (Å²) in [5.74, 6) is 2.44. The molecule has 0 unspecified atom stereocenters. The largest absolute Gasteiger partial charge is 0.457 e. The van der Waals surface area contributed by atoms with E-state index < -0.39 is 0 Å². The predicted octanol–water partition coefficient (Wildman–Crippen LogP) is 6.88. The number of hydrogen-bond acceptors (Lipinski definition) is 4. The molecule has 0 bridgehead atoms. The fourth-order valence-corrected chi connectivity index (χ4v) is 2.87. The van der Waals surface area contributed by atoms with Gasteiger partial charge >= 0.3 is 0 Å². The zero-order valence-corrected chi connectivity index (χ0v) is 16.3. The Morgan fingerprint density at radius 3 is 1.43 bits per heavy atom. The Hall–Kier alpha value is -4.18. The average molecular weight is 392 g/mol. The van der Waals surface area contributed by atoms with Crippen LogP contribution in [0.5, 0.6) is 11.5 Å². The summed E-state index contributed by atoms with van der Waals surface area (Å²) in [7, 11) is 0. The fourth-order valence-electron chi connectivity index (χ4n) is 2.87. The first kappa shape index (κ1) is 19.2. The second-order valence-corrected chi connectivity index (χ2v) is 6.41. The highest BCUT2D eigenvalue weighted by Gasteiger charge is 2.13. The molecule has 0 saturated heterocycles. The van der Waals surface area contributed by atoms with Crippen molar-refractivity contribution in [3.63, 3.8) is 0 Å². The minimum absolute atomic E-state index is 0.705. The molecule has 146 valence electrons. The highest BCUT2D eigenvalue weighted by molar-refractivity contribution is 5.75. The van der Waals surface area contributed by atoms with Crippen LogP contribution in [0, 0.1) is 0 Å². The standard InChI is InChI=1S/C14H10N2O.C12H10O/c1-3-7-11(8-4-1)13-14(17-16-15-13)12-9-5-2-6-10-12;1-3-7-11(8-4-1)13-12-9-5-2-6-10-12/h1-10H;1-10H. The van der Waals surface area contributed by atoms with Gasteiger partial charge in [-0.05, 0) is 24.3 Å². The van der Waals surface area contributed by atoms with Crippen molar-refractivity contribution in [2.45, 2.75) is 0 Å². The predicted molar refractivity (Wildman–Crippen MR) is 118 cm³/mol. The molecule has 5 rings (SSSR count). The number of nitrogens with zero attached hydrogens (tertiary/aromatic N) is 2. The first-order valence-corrected chi connectivity index (χ1v) is 9.61. The topological polar surface area (TPSA) is 48.2 Å². The summed E-state index contributed by atoms with van der Waals surface area (Å²) >= 11 is 0. The van der Waals surface area contributed by atoms with Crippen LogP contribution >= 0.6 is 0 Å². The third-order valence-corrected chi connectivity index (χ3v) is 4.29. The summed E-state index contributed by atoms with van der Waals surface area (Å²) in [5, 5.41) is 7.70. The van der Waals surface area contributed by atoms with E-state index in [9.17, 15) is 0 Å². The van der Waals surface area contributed by atoms with Crippen molar-refractivity contribution in [3.05, 3.63) is 121 Å². The molecule has 1 heterocycles. The summed E-state index contributed by atoms with van der Waals surface area (Å²) in [6.45, 7) is 0. The Balaban J connectivity index is 0.000000151. The first-order valence-electron chi connectivity index (χ1n) is 9.61. The van der Waals surface area contributed by atoms with Crippen LogP contribution in [0.2, 0.25) is 0 Å². The molecule has 0 aliphatic rings. The maximum atomic E-state index is 5.58. The Bertz CT molecular complexity index is 1050. The molecule has 0 atom stereocenters. The van der Waals surface area contributed by atoms with E-state index in [4.69, 9.17) is 9.26 Å². The van der Waals surface area contributed by atoms with Crippen LogP contribution in [0.4, 0.5) is 0 Å². The summed E-state index contributed by atoms with van der Waals surface area (Å²) in [5.41, 5.74) is 2.76. The zero-order chi connectivity index (χ0) is 20.4. The monoisotopic (exact) mass is 392 g/mol. The van der Waals surface area contributed by atoms with Crippen LogP contribution < -0.4 is 4.74 Å². The molecule has 30 heavy (non-hydrogen) atoms. The molecule has 5 aromatic rings. The van der Waals surface area contributed by atoms with Crippen LogP contribution in [-0.4, -0.2) is 10.4 Å². The molecule has 0 spiro atoms. The van der Waals surface area contributed by atoms with E-state index in [0.717, 1.165) is 28.3 Å². The van der Waals surface area contributed by atoms with Gasteiger partial charge in [0.15, 0.2) is 5.76 Å². The van der Waals surface area contributed by atoms with Crippen molar-refractivity contribution in [1.82, 2.24) is 10.4 Å². The maximum absolute atomic E-state index is 5.58. The van der Waals surface area contributed by atoms with Gasteiger partial charge in [-0.25, -0.2) is 0 Å². The van der Waals surface area contributed by atoms with Crippen LogP contribution in [0.25, 0.3) is 22.6 Å². The summed E-state index contributed by atoms with van der Waals surface area (Å²) in [6.07, 6.45) is 0. The van der Waals surface area contributed by atoms with Crippen LogP contribution in [0.15, 0.2) is 126 Å². The van der Waals surface area contributed by atoms with Crippen molar-refractivity contribution in [2.75, 3.05) is 0 Å². The number of para-hydroxylation sites is 2. The highest BCUT2D eigenvalue weighted by atomic mass is 16.5. The molecular formula is C26H20N2O2. The highest BCUT2D eigenvalue weighted by Crippen LogP contribution is 2.29. The third-order valence-electron chi connectivity index (χ3n) is 4.29. The molecule has 0 N–H and O–H groups in total. The van der Waals surface area contributed by atoms with Gasteiger partial charge in [0.05, 0.1) is 0 Å². The molecule has 4 heteroatoms. The number of aromatic nitrogens is 2. The first-order chi connectivity index (χ1) is 14.9. The lowest BCUT2D eigenvalue weighted by molar-refractivity contribution is 0.403. The molecule has 1 aromatic heterocycles. The molecule has 0 amide bonds. The van der Waals surface area contributed by atoms with Crippen molar-refractivity contribution in [2.24, 2.45) is 0 Å². The number of ether oxygens (including phenoxy) is 1. The van der Waals surface area contributed by atoms with E-state index in [1.54, 1.807) is 0 Å². The molecule has 4 nitrogen and oxygen atoms in total. The van der Waals surface area contributed by atoms with Crippen molar-refractivity contribution in [3.8, 4) is 34.1 Å². The second kappa shape index (κ2) is 9.85. The lowest BCUT2D eigenvalue weighted by atomic mass is 10.1. The SMILES string of the molecule is c1ccc(-c2nnoc2-c2ccccc2)cc1.c1ccc(Oc2ccccc2)cc1. The number of hydrogen-bond donors (Lipinski definition) is 0. The normalized spacial score (nSPS) is 10.0. The van der Waals surface area contributed by atoms with Gasteiger partial charge in [-0.15, -0.1) is 5.10 Å². The number of benzene rings is 4. The summed E-state index contributed by atoms with van der Waals surface area (Å²) in [6, 6.07) is 39.3. The third kappa shape index (κ3) is 5.00. The Labute approximate surface area is 175 Å². The fraction of sp³-hybridized carbons (Fsp3) is 0. The van der Waals surface area contributed by atoms with Gasteiger partial charge in [-0.2, -0.15) is 0 Å². The van der Waals surface area contributed by atoms with E-state index in [-0.39, 0.29) is 0 Å². The van der Waals surface area contributed by atoms with Gasteiger partial charge in [0.1, 0.15) is 17.2 Å². The van der Waals surface area contributed by atoms with Crippen LogP contribution in [0.3, 0.4) is 0 Å².